The van der Waals surface area contributed by atoms with Gasteiger partial charge in [0.15, 0.2) is 0 Å². The molecule has 0 radical (unpaired) electrons. The average Bonchev–Trinajstić information content (AvgIpc) is 2.75. The molecular weight excluding hydrogens is 362 g/mol. The molecule has 0 saturated heterocycles. The number of benzene rings is 2. The van der Waals surface area contributed by atoms with Gasteiger partial charge in [-0.2, -0.15) is 0 Å². The van der Waals surface area contributed by atoms with Crippen LogP contribution in [0.3, 0.4) is 0 Å². The van der Waals surface area contributed by atoms with E-state index in [1.54, 1.807) is 7.05 Å². The van der Waals surface area contributed by atoms with Crippen LogP contribution in [-0.2, 0) is 0 Å². The molecule has 2 aromatic carbocycles. The lowest BCUT2D eigenvalue weighted by Crippen LogP contribution is -2.40. The molecule has 0 atom stereocenters. The van der Waals surface area contributed by atoms with E-state index in [1.165, 1.54) is 19.3 Å². The number of nitrogens with one attached hydrogen (secondary N) is 2. The van der Waals surface area contributed by atoms with Crippen LogP contribution in [0.1, 0.15) is 37.7 Å². The third-order valence-corrected chi connectivity index (χ3v) is 5.09. The Hall–Kier alpha value is -3.28. The maximum Gasteiger partial charge on any atom is 0.134 e. The van der Waals surface area contributed by atoms with E-state index in [9.17, 15) is 0 Å². The van der Waals surface area contributed by atoms with E-state index in [4.69, 9.17) is 21.6 Å². The Morgan fingerprint density at radius 3 is 2.17 bits per heavy atom. The van der Waals surface area contributed by atoms with Crippen molar-refractivity contribution in [3.05, 3.63) is 65.7 Å². The first-order valence-electron chi connectivity index (χ1n) is 9.99. The monoisotopic (exact) mass is 391 g/mol. The highest BCUT2D eigenvalue weighted by molar-refractivity contribution is 6.25. The summed E-state index contributed by atoms with van der Waals surface area (Å²) in [6.45, 7) is 0. The summed E-state index contributed by atoms with van der Waals surface area (Å²) >= 11 is 0. The Kier molecular flexibility index (Phi) is 6.89. The quantitative estimate of drug-likeness (QED) is 0.440. The zero-order valence-electron chi connectivity index (χ0n) is 16.8. The van der Waals surface area contributed by atoms with E-state index in [0.717, 1.165) is 24.2 Å². The summed E-state index contributed by atoms with van der Waals surface area (Å²) < 4.78 is 5.83. The van der Waals surface area contributed by atoms with Crippen LogP contribution in [-0.4, -0.2) is 24.8 Å². The number of para-hydroxylation sites is 1. The molecule has 1 saturated carbocycles. The predicted octanol–water partition coefficient (Wildman–Crippen LogP) is 4.04. The van der Waals surface area contributed by atoms with Gasteiger partial charge in [0, 0.05) is 13.1 Å². The molecule has 0 bridgehead atoms. The molecule has 152 valence electrons. The van der Waals surface area contributed by atoms with Crippen LogP contribution in [0.2, 0.25) is 0 Å². The van der Waals surface area contributed by atoms with Crippen molar-refractivity contribution in [2.24, 2.45) is 16.5 Å². The largest absolute Gasteiger partial charge is 0.457 e. The van der Waals surface area contributed by atoms with Crippen LogP contribution >= 0.6 is 0 Å². The van der Waals surface area contributed by atoms with Gasteiger partial charge in [0.05, 0.1) is 11.3 Å². The number of ether oxygens (including phenoxy) is 1. The van der Waals surface area contributed by atoms with Crippen molar-refractivity contribution in [3.63, 3.8) is 0 Å². The summed E-state index contributed by atoms with van der Waals surface area (Å²) in [5.41, 5.74) is 13.9. The third kappa shape index (κ3) is 5.38. The highest BCUT2D eigenvalue weighted by atomic mass is 16.5. The van der Waals surface area contributed by atoms with E-state index in [-0.39, 0.29) is 5.84 Å². The smallest absolute Gasteiger partial charge is 0.134 e. The first-order valence-corrected chi connectivity index (χ1v) is 9.99. The maximum atomic E-state index is 8.07. The van der Waals surface area contributed by atoms with E-state index >= 15 is 0 Å². The average molecular weight is 392 g/mol. The number of amidine groups is 2. The minimum absolute atomic E-state index is 0.101. The van der Waals surface area contributed by atoms with Crippen LogP contribution in [0, 0.1) is 5.41 Å². The lowest BCUT2D eigenvalue weighted by atomic mass is 9.95. The number of nitrogens with zero attached hydrogens (tertiary/aromatic N) is 1. The summed E-state index contributed by atoms with van der Waals surface area (Å²) in [5, 5.41) is 11.5. The van der Waals surface area contributed by atoms with E-state index < -0.39 is 0 Å². The van der Waals surface area contributed by atoms with Crippen LogP contribution in [0.25, 0.3) is 5.70 Å². The normalized spacial score (nSPS) is 16.1. The fraction of sp³-hybridized carbons (Fsp3) is 0.304. The van der Waals surface area contributed by atoms with Crippen LogP contribution in [0.15, 0.2) is 65.2 Å². The van der Waals surface area contributed by atoms with Gasteiger partial charge in [0.1, 0.15) is 23.2 Å². The number of aliphatic imine (C=N–C) groups is 1. The summed E-state index contributed by atoms with van der Waals surface area (Å²) in [7, 11) is 1.69. The first kappa shape index (κ1) is 20.5. The Bertz CT molecular complexity index is 881. The summed E-state index contributed by atoms with van der Waals surface area (Å²) in [6.07, 6.45) is 5.86. The van der Waals surface area contributed by atoms with Gasteiger partial charge in [0.25, 0.3) is 0 Å². The van der Waals surface area contributed by atoms with Crippen molar-refractivity contribution in [2.75, 3.05) is 7.05 Å². The van der Waals surface area contributed by atoms with E-state index in [0.29, 0.717) is 28.9 Å². The lowest BCUT2D eigenvalue weighted by Gasteiger charge is -2.26. The number of rotatable bonds is 6. The van der Waals surface area contributed by atoms with Gasteiger partial charge in [-0.1, -0.05) is 37.5 Å². The van der Waals surface area contributed by atoms with Crippen molar-refractivity contribution in [2.45, 2.75) is 38.1 Å². The van der Waals surface area contributed by atoms with Crippen LogP contribution in [0.5, 0.6) is 11.5 Å². The van der Waals surface area contributed by atoms with Crippen molar-refractivity contribution >= 4 is 17.4 Å². The molecule has 3 rings (SSSR count). The molecule has 2 aromatic rings. The molecule has 0 unspecified atom stereocenters. The minimum Gasteiger partial charge on any atom is -0.457 e. The molecular formula is C23H29N5O. The van der Waals surface area contributed by atoms with Gasteiger partial charge < -0.3 is 21.5 Å². The second-order valence-corrected chi connectivity index (χ2v) is 7.19. The maximum absolute atomic E-state index is 8.07. The first-order chi connectivity index (χ1) is 14.1. The second-order valence-electron chi connectivity index (χ2n) is 7.19. The van der Waals surface area contributed by atoms with E-state index in [1.807, 2.05) is 54.6 Å². The Labute approximate surface area is 172 Å². The molecule has 1 fully saturated rings. The Balaban J connectivity index is 1.82. The summed E-state index contributed by atoms with van der Waals surface area (Å²) in [4.78, 5) is 4.35. The van der Waals surface area contributed by atoms with Crippen LogP contribution < -0.4 is 21.5 Å². The molecule has 0 spiro atoms. The highest BCUT2D eigenvalue weighted by Crippen LogP contribution is 2.24. The van der Waals surface area contributed by atoms with Gasteiger partial charge in [-0.15, -0.1) is 0 Å². The zero-order valence-corrected chi connectivity index (χ0v) is 16.8. The van der Waals surface area contributed by atoms with Gasteiger partial charge in [-0.05, 0) is 54.8 Å². The molecule has 0 amide bonds. The molecule has 0 aliphatic heterocycles. The molecule has 6 heteroatoms. The number of hydrogen-bond donors (Lipinski definition) is 4. The number of hydrogen-bond acceptors (Lipinski definition) is 4. The van der Waals surface area contributed by atoms with Gasteiger partial charge in [-0.25, -0.2) is 0 Å². The molecule has 29 heavy (non-hydrogen) atoms. The Morgan fingerprint density at radius 2 is 1.59 bits per heavy atom. The standard InChI is InChI=1S/C23H29N5O/c1-27-23(28-17-8-4-2-5-9-17)20(22(25)26)21(24)16-12-14-19(15-13-16)29-18-10-6-3-7-11-18/h3,6-7,10-15,17H,2,4-5,8-9,24H2,1H3,(H3,25,26)(H,27,28). The van der Waals surface area contributed by atoms with E-state index in [2.05, 4.69) is 10.3 Å². The Morgan fingerprint density at radius 1 is 0.966 bits per heavy atom. The van der Waals surface area contributed by atoms with Crippen molar-refractivity contribution < 1.29 is 4.74 Å². The summed E-state index contributed by atoms with van der Waals surface area (Å²) in [5.74, 6) is 1.95. The van der Waals surface area contributed by atoms with Gasteiger partial charge in [0.2, 0.25) is 0 Å². The number of nitrogens with two attached hydrogens (primary N) is 2. The van der Waals surface area contributed by atoms with Crippen molar-refractivity contribution in [1.29, 1.82) is 5.41 Å². The van der Waals surface area contributed by atoms with Gasteiger partial charge >= 0.3 is 0 Å². The molecule has 6 N–H and O–H groups in total. The fourth-order valence-corrected chi connectivity index (χ4v) is 3.56. The van der Waals surface area contributed by atoms with Crippen molar-refractivity contribution in [3.8, 4) is 11.5 Å². The third-order valence-electron chi connectivity index (χ3n) is 5.09. The summed E-state index contributed by atoms with van der Waals surface area (Å²) in [6, 6.07) is 17.4. The van der Waals surface area contributed by atoms with Crippen molar-refractivity contribution in [1.82, 2.24) is 5.32 Å². The molecule has 6 nitrogen and oxygen atoms in total. The molecule has 1 aliphatic carbocycles. The molecule has 0 aromatic heterocycles. The lowest BCUT2D eigenvalue weighted by molar-refractivity contribution is 0.413. The molecule has 1 aliphatic rings. The minimum atomic E-state index is -0.101. The highest BCUT2D eigenvalue weighted by Gasteiger charge is 2.20. The SMILES string of the molecule is CN=C(NC1CCCCC1)C(C(=N)N)=C(N)c1ccc(Oc2ccccc2)cc1. The van der Waals surface area contributed by atoms with Gasteiger partial charge in [-0.3, -0.25) is 10.4 Å². The molecule has 0 heterocycles. The second kappa shape index (κ2) is 9.78. The zero-order chi connectivity index (χ0) is 20.6. The van der Waals surface area contributed by atoms with Crippen LogP contribution in [0.4, 0.5) is 0 Å². The predicted molar refractivity (Wildman–Crippen MR) is 119 cm³/mol. The topological polar surface area (TPSA) is 110 Å². The fourth-order valence-electron chi connectivity index (χ4n) is 3.56.